The molecular formula is C21H28N4O3. The number of rotatable bonds is 6. The van der Waals surface area contributed by atoms with E-state index in [0.29, 0.717) is 19.8 Å². The lowest BCUT2D eigenvalue weighted by atomic mass is 10.1. The fourth-order valence-electron chi connectivity index (χ4n) is 3.57. The highest BCUT2D eigenvalue weighted by Gasteiger charge is 2.25. The Labute approximate surface area is 165 Å². The summed E-state index contributed by atoms with van der Waals surface area (Å²) in [6, 6.07) is 9.18. The van der Waals surface area contributed by atoms with Gasteiger partial charge in [-0.05, 0) is 30.2 Å². The van der Waals surface area contributed by atoms with Gasteiger partial charge in [0.15, 0.2) is 0 Å². The molecular weight excluding hydrogens is 356 g/mol. The molecule has 0 aromatic carbocycles. The molecule has 1 N–H and O–H groups in total. The number of hydrogen-bond donors (Lipinski definition) is 1. The van der Waals surface area contributed by atoms with Crippen molar-refractivity contribution in [1.82, 2.24) is 19.8 Å². The third kappa shape index (κ3) is 4.48. The van der Waals surface area contributed by atoms with Crippen molar-refractivity contribution in [2.75, 3.05) is 32.8 Å². The predicted octanol–water partition coefficient (Wildman–Crippen LogP) is 1.71. The third-order valence-corrected chi connectivity index (χ3v) is 5.15. The highest BCUT2D eigenvalue weighted by molar-refractivity contribution is 5.93. The number of nitrogens with zero attached hydrogens (tertiary/aromatic N) is 3. The van der Waals surface area contributed by atoms with E-state index in [1.807, 2.05) is 38.1 Å². The maximum atomic E-state index is 12.7. The highest BCUT2D eigenvalue weighted by atomic mass is 16.5. The van der Waals surface area contributed by atoms with E-state index in [1.165, 1.54) is 0 Å². The lowest BCUT2D eigenvalue weighted by Gasteiger charge is -2.34. The van der Waals surface area contributed by atoms with E-state index in [2.05, 4.69) is 15.2 Å². The van der Waals surface area contributed by atoms with Crippen molar-refractivity contribution in [1.29, 1.82) is 0 Å². The van der Waals surface area contributed by atoms with E-state index in [-0.39, 0.29) is 29.0 Å². The quantitative estimate of drug-likeness (QED) is 0.821. The molecule has 1 fully saturated rings. The van der Waals surface area contributed by atoms with Crippen molar-refractivity contribution in [3.63, 3.8) is 0 Å². The van der Waals surface area contributed by atoms with Crippen molar-refractivity contribution in [2.24, 2.45) is 7.05 Å². The first-order chi connectivity index (χ1) is 13.5. The van der Waals surface area contributed by atoms with Gasteiger partial charge in [-0.25, -0.2) is 0 Å². The maximum absolute atomic E-state index is 12.7. The van der Waals surface area contributed by atoms with Crippen LogP contribution in [0.4, 0.5) is 0 Å². The van der Waals surface area contributed by atoms with Gasteiger partial charge in [-0.1, -0.05) is 19.9 Å². The Morgan fingerprint density at radius 2 is 1.96 bits per heavy atom. The summed E-state index contributed by atoms with van der Waals surface area (Å²) in [5, 5.41) is 2.94. The number of morpholine rings is 1. The molecule has 28 heavy (non-hydrogen) atoms. The first-order valence-corrected chi connectivity index (χ1v) is 9.70. The van der Waals surface area contributed by atoms with E-state index in [0.717, 1.165) is 24.5 Å². The monoisotopic (exact) mass is 384 g/mol. The number of hydrogen-bond acceptors (Lipinski definition) is 5. The van der Waals surface area contributed by atoms with Crippen LogP contribution >= 0.6 is 0 Å². The van der Waals surface area contributed by atoms with Crippen molar-refractivity contribution in [3.05, 3.63) is 63.8 Å². The Morgan fingerprint density at radius 1 is 1.21 bits per heavy atom. The van der Waals surface area contributed by atoms with Crippen LogP contribution in [0.3, 0.4) is 0 Å². The van der Waals surface area contributed by atoms with Crippen molar-refractivity contribution >= 4 is 5.91 Å². The molecule has 1 aliphatic heterocycles. The molecule has 1 aliphatic rings. The summed E-state index contributed by atoms with van der Waals surface area (Å²) < 4.78 is 7.00. The first kappa shape index (κ1) is 20.2. The molecule has 1 unspecified atom stereocenters. The van der Waals surface area contributed by atoms with Gasteiger partial charge in [0.2, 0.25) is 0 Å². The molecule has 0 aliphatic carbocycles. The van der Waals surface area contributed by atoms with Crippen molar-refractivity contribution in [3.8, 4) is 0 Å². The number of carbonyl (C=O) groups is 1. The largest absolute Gasteiger partial charge is 0.379 e. The second kappa shape index (κ2) is 9.12. The normalized spacial score (nSPS) is 16.1. The maximum Gasteiger partial charge on any atom is 0.263 e. The Bertz CT molecular complexity index is 858. The molecule has 2 aromatic rings. The Balaban J connectivity index is 1.77. The Hall–Kier alpha value is -2.51. The van der Waals surface area contributed by atoms with Crippen LogP contribution in [0, 0.1) is 0 Å². The van der Waals surface area contributed by atoms with Crippen molar-refractivity contribution < 1.29 is 9.53 Å². The number of amides is 1. The van der Waals surface area contributed by atoms with E-state index < -0.39 is 0 Å². The highest BCUT2D eigenvalue weighted by Crippen LogP contribution is 2.19. The summed E-state index contributed by atoms with van der Waals surface area (Å²) in [5.74, 6) is -0.144. The van der Waals surface area contributed by atoms with Gasteiger partial charge < -0.3 is 14.6 Å². The van der Waals surface area contributed by atoms with Gasteiger partial charge in [0.05, 0.1) is 24.9 Å². The van der Waals surface area contributed by atoms with Gasteiger partial charge in [0.1, 0.15) is 5.56 Å². The Kier molecular flexibility index (Phi) is 6.59. The van der Waals surface area contributed by atoms with Crippen LogP contribution in [-0.2, 0) is 11.8 Å². The van der Waals surface area contributed by atoms with E-state index in [9.17, 15) is 9.59 Å². The molecule has 7 nitrogen and oxygen atoms in total. The summed E-state index contributed by atoms with van der Waals surface area (Å²) in [6.07, 6.45) is 1.75. The van der Waals surface area contributed by atoms with Gasteiger partial charge in [0, 0.05) is 38.6 Å². The van der Waals surface area contributed by atoms with Gasteiger partial charge in [0.25, 0.3) is 11.5 Å². The molecule has 0 spiro atoms. The van der Waals surface area contributed by atoms with Gasteiger partial charge in [-0.3, -0.25) is 19.5 Å². The molecule has 3 heterocycles. The molecule has 0 bridgehead atoms. The molecule has 0 radical (unpaired) electrons. The lowest BCUT2D eigenvalue weighted by Crippen LogP contribution is -2.44. The molecule has 1 atom stereocenters. The average Bonchev–Trinajstić information content (AvgIpc) is 2.71. The molecule has 1 amide bonds. The summed E-state index contributed by atoms with van der Waals surface area (Å²) in [5.41, 5.74) is 1.69. The second-order valence-corrected chi connectivity index (χ2v) is 7.32. The molecule has 3 rings (SSSR count). The topological polar surface area (TPSA) is 76.5 Å². The minimum atomic E-state index is -0.356. The number of carbonyl (C=O) groups excluding carboxylic acids is 1. The number of nitrogens with one attached hydrogen (secondary N) is 1. The SMILES string of the molecule is CC(C)c1ccc(C(=O)NCC(c2ccccn2)N2CCOCC2)c(=O)n1C. The number of ether oxygens (including phenoxy) is 1. The van der Waals surface area contributed by atoms with Crippen LogP contribution in [0.2, 0.25) is 0 Å². The zero-order chi connectivity index (χ0) is 20.1. The second-order valence-electron chi connectivity index (χ2n) is 7.32. The predicted molar refractivity (Wildman–Crippen MR) is 107 cm³/mol. The molecule has 0 saturated carbocycles. The average molecular weight is 384 g/mol. The van der Waals surface area contributed by atoms with Crippen LogP contribution in [0.5, 0.6) is 0 Å². The van der Waals surface area contributed by atoms with Crippen LogP contribution in [0.15, 0.2) is 41.3 Å². The van der Waals surface area contributed by atoms with Crippen LogP contribution in [-0.4, -0.2) is 53.2 Å². The number of pyridine rings is 2. The van der Waals surface area contributed by atoms with E-state index in [1.54, 1.807) is 23.9 Å². The molecule has 150 valence electrons. The lowest BCUT2D eigenvalue weighted by molar-refractivity contribution is 0.0154. The third-order valence-electron chi connectivity index (χ3n) is 5.15. The van der Waals surface area contributed by atoms with Crippen LogP contribution in [0.25, 0.3) is 0 Å². The fraction of sp³-hybridized carbons (Fsp3) is 0.476. The zero-order valence-corrected chi connectivity index (χ0v) is 16.7. The number of aromatic nitrogens is 2. The van der Waals surface area contributed by atoms with E-state index >= 15 is 0 Å². The van der Waals surface area contributed by atoms with Gasteiger partial charge >= 0.3 is 0 Å². The van der Waals surface area contributed by atoms with E-state index in [4.69, 9.17) is 4.74 Å². The van der Waals surface area contributed by atoms with Gasteiger partial charge in [-0.15, -0.1) is 0 Å². The van der Waals surface area contributed by atoms with Crippen LogP contribution in [0.1, 0.15) is 47.6 Å². The molecule has 7 heteroatoms. The van der Waals surface area contributed by atoms with Crippen molar-refractivity contribution in [2.45, 2.75) is 25.8 Å². The van der Waals surface area contributed by atoms with Crippen LogP contribution < -0.4 is 10.9 Å². The minimum Gasteiger partial charge on any atom is -0.379 e. The smallest absolute Gasteiger partial charge is 0.263 e. The first-order valence-electron chi connectivity index (χ1n) is 9.70. The van der Waals surface area contributed by atoms with Gasteiger partial charge in [-0.2, -0.15) is 0 Å². The summed E-state index contributed by atoms with van der Waals surface area (Å²) in [6.45, 7) is 7.31. The summed E-state index contributed by atoms with van der Waals surface area (Å²) >= 11 is 0. The zero-order valence-electron chi connectivity index (χ0n) is 16.7. The summed E-state index contributed by atoms with van der Waals surface area (Å²) in [4.78, 5) is 32.1. The standard InChI is InChI=1S/C21H28N4O3/c1-15(2)18-8-7-16(21(27)24(18)3)20(26)23-14-19(17-6-4-5-9-22-17)25-10-12-28-13-11-25/h4-9,15,19H,10-14H2,1-3H3,(H,23,26). The minimum absolute atomic E-state index is 0.0622. The Morgan fingerprint density at radius 3 is 2.61 bits per heavy atom. The fourth-order valence-corrected chi connectivity index (χ4v) is 3.57. The molecule has 2 aromatic heterocycles. The molecule has 1 saturated heterocycles. The summed E-state index contributed by atoms with van der Waals surface area (Å²) in [7, 11) is 1.71.